The quantitative estimate of drug-likeness (QED) is 0.865. The molecule has 25 heavy (non-hydrogen) atoms. The van der Waals surface area contributed by atoms with Gasteiger partial charge in [0.2, 0.25) is 0 Å². The summed E-state index contributed by atoms with van der Waals surface area (Å²) in [6.45, 7) is 2.04. The van der Waals surface area contributed by atoms with Gasteiger partial charge < -0.3 is 15.2 Å². The maximum Gasteiger partial charge on any atom is 0.263 e. The summed E-state index contributed by atoms with van der Waals surface area (Å²) in [5, 5.41) is 5.39. The van der Waals surface area contributed by atoms with Crippen LogP contribution in [-0.4, -0.2) is 29.5 Å². The molecule has 2 N–H and O–H groups in total. The number of amides is 2. The van der Waals surface area contributed by atoms with Gasteiger partial charge in [-0.15, -0.1) is 0 Å². The molecule has 2 amide bonds. The Morgan fingerprint density at radius 2 is 1.80 bits per heavy atom. The minimum Gasteiger partial charge on any atom is -0.355 e. The summed E-state index contributed by atoms with van der Waals surface area (Å²) in [6, 6.07) is 11.1. The maximum atomic E-state index is 12.8. The van der Waals surface area contributed by atoms with Crippen LogP contribution in [0.25, 0.3) is 0 Å². The van der Waals surface area contributed by atoms with E-state index in [0.717, 1.165) is 18.4 Å². The fraction of sp³-hybridized carbons (Fsp3) is 0.316. The largest absolute Gasteiger partial charge is 0.355 e. The van der Waals surface area contributed by atoms with Crippen LogP contribution in [0.1, 0.15) is 44.8 Å². The number of aromatic nitrogens is 1. The summed E-state index contributed by atoms with van der Waals surface area (Å²) in [5.41, 5.74) is 1.42. The van der Waals surface area contributed by atoms with E-state index >= 15 is 0 Å². The molecule has 0 unspecified atom stereocenters. The molecule has 0 spiro atoms. The predicted molar refractivity (Wildman–Crippen MR) is 94.9 cm³/mol. The molecule has 3 rings (SSSR count). The van der Waals surface area contributed by atoms with Crippen LogP contribution >= 0.6 is 0 Å². The zero-order chi connectivity index (χ0) is 18.0. The first-order valence-corrected chi connectivity index (χ1v) is 8.32. The van der Waals surface area contributed by atoms with E-state index in [1.807, 2.05) is 30.3 Å². The molecule has 1 aromatic heterocycles. The Bertz CT molecular complexity index is 867. The number of pyridine rings is 1. The molecular weight excluding hydrogens is 318 g/mol. The van der Waals surface area contributed by atoms with Gasteiger partial charge >= 0.3 is 0 Å². The van der Waals surface area contributed by atoms with Gasteiger partial charge in [0.25, 0.3) is 17.4 Å². The van der Waals surface area contributed by atoms with E-state index in [2.05, 4.69) is 10.6 Å². The van der Waals surface area contributed by atoms with Crippen molar-refractivity contribution in [2.75, 3.05) is 7.05 Å². The lowest BCUT2D eigenvalue weighted by molar-refractivity contribution is 0.0949. The van der Waals surface area contributed by atoms with Crippen LogP contribution in [0.4, 0.5) is 0 Å². The summed E-state index contributed by atoms with van der Waals surface area (Å²) >= 11 is 0. The molecule has 1 aliphatic rings. The Morgan fingerprint density at radius 3 is 2.40 bits per heavy atom. The topological polar surface area (TPSA) is 80.2 Å². The fourth-order valence-electron chi connectivity index (χ4n) is 2.73. The Morgan fingerprint density at radius 1 is 1.12 bits per heavy atom. The highest BCUT2D eigenvalue weighted by Gasteiger charge is 2.26. The van der Waals surface area contributed by atoms with Crippen molar-refractivity contribution in [1.82, 2.24) is 15.2 Å². The number of rotatable bonds is 5. The minimum atomic E-state index is -0.493. The highest BCUT2D eigenvalue weighted by atomic mass is 16.2. The van der Waals surface area contributed by atoms with Gasteiger partial charge in [-0.2, -0.15) is 0 Å². The monoisotopic (exact) mass is 339 g/mol. The average molecular weight is 339 g/mol. The molecular formula is C19H21N3O3. The highest BCUT2D eigenvalue weighted by Crippen LogP contribution is 2.20. The SMILES string of the molecule is CNC(=O)c1cc(C(=O)NC2CC2)c(C)n(Cc2ccccc2)c1=O. The summed E-state index contributed by atoms with van der Waals surface area (Å²) < 4.78 is 1.49. The van der Waals surface area contributed by atoms with Gasteiger partial charge in [0.15, 0.2) is 0 Å². The number of benzene rings is 1. The Balaban J connectivity index is 2.08. The van der Waals surface area contributed by atoms with Crippen LogP contribution in [0.2, 0.25) is 0 Å². The second kappa shape index (κ2) is 6.93. The van der Waals surface area contributed by atoms with Gasteiger partial charge in [0.1, 0.15) is 5.56 Å². The van der Waals surface area contributed by atoms with Gasteiger partial charge in [-0.25, -0.2) is 0 Å². The van der Waals surface area contributed by atoms with Crippen LogP contribution in [0.5, 0.6) is 0 Å². The highest BCUT2D eigenvalue weighted by molar-refractivity contribution is 6.00. The van der Waals surface area contributed by atoms with Gasteiger partial charge in [0.05, 0.1) is 12.1 Å². The van der Waals surface area contributed by atoms with E-state index in [-0.39, 0.29) is 17.5 Å². The molecule has 130 valence electrons. The molecule has 2 aromatic rings. The van der Waals surface area contributed by atoms with Crippen molar-refractivity contribution in [2.24, 2.45) is 0 Å². The van der Waals surface area contributed by atoms with Gasteiger partial charge in [-0.3, -0.25) is 14.4 Å². The van der Waals surface area contributed by atoms with Crippen LogP contribution in [0.3, 0.4) is 0 Å². The van der Waals surface area contributed by atoms with Crippen molar-refractivity contribution in [1.29, 1.82) is 0 Å². The molecule has 1 aliphatic carbocycles. The summed E-state index contributed by atoms with van der Waals surface area (Å²) in [6.07, 6.45) is 1.94. The lowest BCUT2D eigenvalue weighted by Gasteiger charge is -2.16. The lowest BCUT2D eigenvalue weighted by atomic mass is 10.1. The van der Waals surface area contributed by atoms with Crippen molar-refractivity contribution in [3.8, 4) is 0 Å². The third kappa shape index (κ3) is 3.63. The van der Waals surface area contributed by atoms with E-state index in [9.17, 15) is 14.4 Å². The first-order chi connectivity index (χ1) is 12.0. The first kappa shape index (κ1) is 17.0. The Hall–Kier alpha value is -2.89. The van der Waals surface area contributed by atoms with E-state index < -0.39 is 11.5 Å². The molecule has 1 saturated carbocycles. The van der Waals surface area contributed by atoms with Gasteiger partial charge in [-0.05, 0) is 31.4 Å². The van der Waals surface area contributed by atoms with E-state index in [4.69, 9.17) is 0 Å². The van der Waals surface area contributed by atoms with E-state index in [1.165, 1.54) is 17.7 Å². The van der Waals surface area contributed by atoms with Gasteiger partial charge in [0, 0.05) is 18.8 Å². The molecule has 6 heteroatoms. The molecule has 0 radical (unpaired) electrons. The number of nitrogens with zero attached hydrogens (tertiary/aromatic N) is 1. The minimum absolute atomic E-state index is 0.0232. The zero-order valence-corrected chi connectivity index (χ0v) is 14.3. The molecule has 6 nitrogen and oxygen atoms in total. The molecule has 0 aliphatic heterocycles. The third-order valence-electron chi connectivity index (χ3n) is 4.37. The maximum absolute atomic E-state index is 12.8. The van der Waals surface area contributed by atoms with Crippen LogP contribution in [0.15, 0.2) is 41.2 Å². The van der Waals surface area contributed by atoms with E-state index in [0.29, 0.717) is 17.8 Å². The predicted octanol–water partition coefficient (Wildman–Crippen LogP) is 1.46. The van der Waals surface area contributed by atoms with Gasteiger partial charge in [-0.1, -0.05) is 30.3 Å². The number of carbonyl (C=O) groups excluding carboxylic acids is 2. The molecule has 0 atom stereocenters. The smallest absolute Gasteiger partial charge is 0.263 e. The third-order valence-corrected chi connectivity index (χ3v) is 4.37. The number of nitrogens with one attached hydrogen (secondary N) is 2. The molecule has 0 bridgehead atoms. The number of hydrogen-bond acceptors (Lipinski definition) is 3. The Labute approximate surface area is 145 Å². The molecule has 1 heterocycles. The second-order valence-corrected chi connectivity index (χ2v) is 6.26. The first-order valence-electron chi connectivity index (χ1n) is 8.32. The van der Waals surface area contributed by atoms with Crippen LogP contribution < -0.4 is 16.2 Å². The van der Waals surface area contributed by atoms with Crippen molar-refractivity contribution in [2.45, 2.75) is 32.4 Å². The summed E-state index contributed by atoms with van der Waals surface area (Å²) in [5.74, 6) is -0.737. The van der Waals surface area contributed by atoms with Crippen LogP contribution in [0, 0.1) is 6.92 Å². The van der Waals surface area contributed by atoms with Crippen molar-refractivity contribution in [3.63, 3.8) is 0 Å². The number of hydrogen-bond donors (Lipinski definition) is 2. The summed E-state index contributed by atoms with van der Waals surface area (Å²) in [7, 11) is 1.47. The second-order valence-electron chi connectivity index (χ2n) is 6.26. The normalized spacial score (nSPS) is 13.4. The summed E-state index contributed by atoms with van der Waals surface area (Å²) in [4.78, 5) is 37.4. The molecule has 1 aromatic carbocycles. The van der Waals surface area contributed by atoms with Crippen molar-refractivity contribution in [3.05, 3.63) is 69.1 Å². The van der Waals surface area contributed by atoms with Crippen molar-refractivity contribution < 1.29 is 9.59 Å². The average Bonchev–Trinajstić information content (AvgIpc) is 3.43. The van der Waals surface area contributed by atoms with Crippen molar-refractivity contribution >= 4 is 11.8 Å². The zero-order valence-electron chi connectivity index (χ0n) is 14.3. The van der Waals surface area contributed by atoms with Crippen LogP contribution in [-0.2, 0) is 6.54 Å². The standard InChI is InChI=1S/C19H21N3O3/c1-12-15(18(24)21-14-8-9-14)10-16(17(23)20-2)19(25)22(12)11-13-6-4-3-5-7-13/h3-7,10,14H,8-9,11H2,1-2H3,(H,20,23)(H,21,24). The molecule has 1 fully saturated rings. The number of carbonyl (C=O) groups is 2. The van der Waals surface area contributed by atoms with E-state index in [1.54, 1.807) is 6.92 Å². The fourth-order valence-corrected chi connectivity index (χ4v) is 2.73. The Kier molecular flexibility index (Phi) is 4.70. The molecule has 0 saturated heterocycles. The lowest BCUT2D eigenvalue weighted by Crippen LogP contribution is -2.36.